The van der Waals surface area contributed by atoms with Crippen molar-refractivity contribution in [3.63, 3.8) is 0 Å². The van der Waals surface area contributed by atoms with Crippen molar-refractivity contribution in [2.45, 2.75) is 25.8 Å². The number of rotatable bonds is 6. The van der Waals surface area contributed by atoms with Gasteiger partial charge in [-0.3, -0.25) is 19.3 Å². The zero-order valence-electron chi connectivity index (χ0n) is 13.6. The summed E-state index contributed by atoms with van der Waals surface area (Å²) in [4.78, 5) is 48.5. The molecule has 1 heterocycles. The Morgan fingerprint density at radius 3 is 2.71 bits per heavy atom. The number of nitrogens with one attached hydrogen (secondary N) is 3. The van der Waals surface area contributed by atoms with Crippen LogP contribution in [0.15, 0.2) is 24.3 Å². The molecule has 1 saturated heterocycles. The van der Waals surface area contributed by atoms with Crippen molar-refractivity contribution in [1.82, 2.24) is 15.5 Å². The summed E-state index contributed by atoms with van der Waals surface area (Å²) in [5.74, 6) is -1.18. The molecule has 0 radical (unpaired) electrons. The quantitative estimate of drug-likeness (QED) is 0.667. The van der Waals surface area contributed by atoms with Crippen LogP contribution in [0.4, 0.5) is 10.5 Å². The lowest BCUT2D eigenvalue weighted by atomic mass is 10.1. The standard InChI is InChI=1S/C16H20N4O4/c1-3-5-12-15(23)20(16(24)19-12)9-13(21)18-11-7-4-6-10(8-11)14(22)17-2/h4,6-8,12H,3,5,9H2,1-2H3,(H,17,22)(H,18,21)(H,19,24). The molecule has 5 amide bonds. The van der Waals surface area contributed by atoms with Crippen molar-refractivity contribution in [1.29, 1.82) is 0 Å². The number of anilines is 1. The summed E-state index contributed by atoms with van der Waals surface area (Å²) >= 11 is 0. The Labute approximate surface area is 139 Å². The lowest BCUT2D eigenvalue weighted by Gasteiger charge is -2.13. The smallest absolute Gasteiger partial charge is 0.325 e. The SMILES string of the molecule is CCCC1NC(=O)N(CC(=O)Nc2cccc(C(=O)NC)c2)C1=O. The van der Waals surface area contributed by atoms with Crippen LogP contribution in [0.2, 0.25) is 0 Å². The van der Waals surface area contributed by atoms with E-state index in [0.717, 1.165) is 11.3 Å². The highest BCUT2D eigenvalue weighted by atomic mass is 16.2. The number of amides is 5. The van der Waals surface area contributed by atoms with Crippen molar-refractivity contribution >= 4 is 29.4 Å². The summed E-state index contributed by atoms with van der Waals surface area (Å²) in [6.45, 7) is 1.54. The molecule has 0 bridgehead atoms. The highest BCUT2D eigenvalue weighted by Gasteiger charge is 2.38. The summed E-state index contributed by atoms with van der Waals surface area (Å²) in [6, 6.07) is 5.25. The first-order chi connectivity index (χ1) is 11.5. The molecule has 3 N–H and O–H groups in total. The molecule has 1 aromatic carbocycles. The van der Waals surface area contributed by atoms with E-state index in [1.54, 1.807) is 18.2 Å². The molecule has 0 aliphatic carbocycles. The fourth-order valence-electron chi connectivity index (χ4n) is 2.44. The van der Waals surface area contributed by atoms with E-state index in [1.165, 1.54) is 13.1 Å². The van der Waals surface area contributed by atoms with Crippen LogP contribution < -0.4 is 16.0 Å². The van der Waals surface area contributed by atoms with Gasteiger partial charge in [-0.2, -0.15) is 0 Å². The number of nitrogens with zero attached hydrogens (tertiary/aromatic N) is 1. The molecule has 2 rings (SSSR count). The molecule has 1 aliphatic rings. The number of hydrogen-bond donors (Lipinski definition) is 3. The normalized spacial score (nSPS) is 16.8. The van der Waals surface area contributed by atoms with Gasteiger partial charge in [-0.15, -0.1) is 0 Å². The van der Waals surface area contributed by atoms with Gasteiger partial charge in [0.25, 0.3) is 11.8 Å². The maximum atomic E-state index is 12.1. The van der Waals surface area contributed by atoms with Crippen LogP contribution in [0.25, 0.3) is 0 Å². The van der Waals surface area contributed by atoms with Crippen LogP contribution >= 0.6 is 0 Å². The predicted molar refractivity (Wildman–Crippen MR) is 87.4 cm³/mol. The average molecular weight is 332 g/mol. The van der Waals surface area contributed by atoms with Crippen LogP contribution in [-0.2, 0) is 9.59 Å². The molecule has 1 unspecified atom stereocenters. The number of hydrogen-bond acceptors (Lipinski definition) is 4. The van der Waals surface area contributed by atoms with Gasteiger partial charge in [-0.05, 0) is 24.6 Å². The molecule has 8 nitrogen and oxygen atoms in total. The number of carbonyl (C=O) groups is 4. The number of carbonyl (C=O) groups excluding carboxylic acids is 4. The Kier molecular flexibility index (Phi) is 5.51. The van der Waals surface area contributed by atoms with Gasteiger partial charge in [0.1, 0.15) is 12.6 Å². The van der Waals surface area contributed by atoms with E-state index in [9.17, 15) is 19.2 Å². The molecule has 8 heteroatoms. The number of benzene rings is 1. The van der Waals surface area contributed by atoms with E-state index < -0.39 is 23.9 Å². The number of imide groups is 1. The fourth-order valence-corrected chi connectivity index (χ4v) is 2.44. The van der Waals surface area contributed by atoms with Gasteiger partial charge in [0.15, 0.2) is 0 Å². The minimum Gasteiger partial charge on any atom is -0.355 e. The van der Waals surface area contributed by atoms with Crippen LogP contribution in [0.3, 0.4) is 0 Å². The van der Waals surface area contributed by atoms with Gasteiger partial charge < -0.3 is 16.0 Å². The lowest BCUT2D eigenvalue weighted by molar-refractivity contribution is -0.130. The molecular weight excluding hydrogens is 312 g/mol. The van der Waals surface area contributed by atoms with E-state index in [-0.39, 0.29) is 12.5 Å². The number of urea groups is 1. The van der Waals surface area contributed by atoms with Crippen LogP contribution in [0, 0.1) is 0 Å². The maximum absolute atomic E-state index is 12.1. The highest BCUT2D eigenvalue weighted by Crippen LogP contribution is 2.13. The van der Waals surface area contributed by atoms with E-state index in [2.05, 4.69) is 16.0 Å². The molecule has 0 aromatic heterocycles. The van der Waals surface area contributed by atoms with Crippen molar-refractivity contribution in [2.24, 2.45) is 0 Å². The first-order valence-electron chi connectivity index (χ1n) is 7.70. The van der Waals surface area contributed by atoms with Gasteiger partial charge in [-0.25, -0.2) is 4.79 Å². The summed E-state index contributed by atoms with van der Waals surface area (Å²) in [6.07, 6.45) is 1.29. The Morgan fingerprint density at radius 2 is 2.04 bits per heavy atom. The van der Waals surface area contributed by atoms with E-state index >= 15 is 0 Å². The van der Waals surface area contributed by atoms with Gasteiger partial charge in [0.05, 0.1) is 0 Å². The minimum atomic E-state index is -0.563. The summed E-state index contributed by atoms with van der Waals surface area (Å²) in [5.41, 5.74) is 0.812. The zero-order chi connectivity index (χ0) is 17.7. The van der Waals surface area contributed by atoms with Crippen molar-refractivity contribution in [3.8, 4) is 0 Å². The first kappa shape index (κ1) is 17.5. The maximum Gasteiger partial charge on any atom is 0.325 e. The van der Waals surface area contributed by atoms with Crippen molar-refractivity contribution in [3.05, 3.63) is 29.8 Å². The predicted octanol–water partition coefficient (Wildman–Crippen LogP) is 0.705. The topological polar surface area (TPSA) is 108 Å². The van der Waals surface area contributed by atoms with Crippen molar-refractivity contribution < 1.29 is 19.2 Å². The Balaban J connectivity index is 2.00. The molecule has 0 spiro atoms. The van der Waals surface area contributed by atoms with E-state index in [1.807, 2.05) is 6.92 Å². The summed E-state index contributed by atoms with van der Waals surface area (Å²) in [5, 5.41) is 7.63. The Bertz CT molecular complexity index is 674. The van der Waals surface area contributed by atoms with Gasteiger partial charge in [0, 0.05) is 18.3 Å². The summed E-state index contributed by atoms with van der Waals surface area (Å²) in [7, 11) is 1.51. The van der Waals surface area contributed by atoms with Crippen molar-refractivity contribution in [2.75, 3.05) is 18.9 Å². The molecule has 24 heavy (non-hydrogen) atoms. The molecule has 0 saturated carbocycles. The largest absolute Gasteiger partial charge is 0.355 e. The molecule has 1 fully saturated rings. The molecule has 128 valence electrons. The fraction of sp³-hybridized carbons (Fsp3) is 0.375. The minimum absolute atomic E-state index is 0.275. The van der Waals surface area contributed by atoms with Crippen LogP contribution in [0.5, 0.6) is 0 Å². The van der Waals surface area contributed by atoms with Gasteiger partial charge >= 0.3 is 6.03 Å². The molecule has 1 atom stereocenters. The van der Waals surface area contributed by atoms with Crippen LogP contribution in [-0.4, -0.2) is 48.3 Å². The Hall–Kier alpha value is -2.90. The third-order valence-corrected chi connectivity index (χ3v) is 3.62. The monoisotopic (exact) mass is 332 g/mol. The highest BCUT2D eigenvalue weighted by molar-refractivity contribution is 6.08. The molecule has 1 aliphatic heterocycles. The third-order valence-electron chi connectivity index (χ3n) is 3.62. The zero-order valence-corrected chi connectivity index (χ0v) is 13.6. The molecule has 1 aromatic rings. The summed E-state index contributed by atoms with van der Waals surface area (Å²) < 4.78 is 0. The first-order valence-corrected chi connectivity index (χ1v) is 7.70. The lowest BCUT2D eigenvalue weighted by Crippen LogP contribution is -2.38. The second-order valence-corrected chi connectivity index (χ2v) is 5.42. The van der Waals surface area contributed by atoms with Gasteiger partial charge in [-0.1, -0.05) is 19.4 Å². The Morgan fingerprint density at radius 1 is 1.29 bits per heavy atom. The van der Waals surface area contributed by atoms with Crippen LogP contribution in [0.1, 0.15) is 30.1 Å². The third kappa shape index (κ3) is 3.89. The van der Waals surface area contributed by atoms with E-state index in [4.69, 9.17) is 0 Å². The second-order valence-electron chi connectivity index (χ2n) is 5.42. The average Bonchev–Trinajstić information content (AvgIpc) is 2.82. The molecular formula is C16H20N4O4. The van der Waals surface area contributed by atoms with E-state index in [0.29, 0.717) is 17.7 Å². The van der Waals surface area contributed by atoms with Gasteiger partial charge in [0.2, 0.25) is 5.91 Å². The second kappa shape index (κ2) is 7.58.